The molecular formula is C22H30F3N5O4. The van der Waals surface area contributed by atoms with Crippen LogP contribution in [-0.4, -0.2) is 71.5 Å². The molecule has 0 spiro atoms. The van der Waals surface area contributed by atoms with E-state index in [2.05, 4.69) is 19.9 Å². The fraction of sp³-hybridized carbons (Fsp3) is 0.545. The minimum atomic E-state index is -5.08. The number of ether oxygens (including phenoxy) is 1. The number of carboxylic acids is 1. The van der Waals surface area contributed by atoms with Crippen molar-refractivity contribution < 1.29 is 32.6 Å². The SMILES string of the molecule is CCOCCCNC(=O)c1cc(-c2cnc(N(C)C)nc2)cn1CC1CC1.O=C(O)C(F)(F)F. The number of aromatic nitrogens is 3. The average molecular weight is 486 g/mol. The molecule has 9 nitrogen and oxygen atoms in total. The lowest BCUT2D eigenvalue weighted by Gasteiger charge is -2.09. The number of aliphatic carboxylic acids is 1. The van der Waals surface area contributed by atoms with Crippen LogP contribution < -0.4 is 10.2 Å². The number of halogens is 3. The molecule has 0 aromatic carbocycles. The number of carboxylic acid groups (broad SMARTS) is 1. The van der Waals surface area contributed by atoms with Crippen molar-refractivity contribution >= 4 is 17.8 Å². The summed E-state index contributed by atoms with van der Waals surface area (Å²) in [5.41, 5.74) is 2.59. The topological polar surface area (TPSA) is 110 Å². The van der Waals surface area contributed by atoms with E-state index in [1.807, 2.05) is 50.6 Å². The summed E-state index contributed by atoms with van der Waals surface area (Å²) < 4.78 is 39.1. The van der Waals surface area contributed by atoms with Crippen LogP contribution in [-0.2, 0) is 16.1 Å². The van der Waals surface area contributed by atoms with Gasteiger partial charge in [-0.15, -0.1) is 0 Å². The molecule has 2 aromatic rings. The van der Waals surface area contributed by atoms with Gasteiger partial charge in [-0.2, -0.15) is 13.2 Å². The Bertz CT molecular complexity index is 941. The molecule has 34 heavy (non-hydrogen) atoms. The minimum Gasteiger partial charge on any atom is -0.475 e. The maximum atomic E-state index is 12.7. The summed E-state index contributed by atoms with van der Waals surface area (Å²) >= 11 is 0. The number of carbonyl (C=O) groups excluding carboxylic acids is 1. The van der Waals surface area contributed by atoms with Gasteiger partial charge < -0.3 is 24.6 Å². The first-order valence-electron chi connectivity index (χ1n) is 10.9. The lowest BCUT2D eigenvalue weighted by atomic mass is 10.2. The fourth-order valence-electron chi connectivity index (χ4n) is 2.90. The van der Waals surface area contributed by atoms with Gasteiger partial charge in [0.2, 0.25) is 5.95 Å². The first-order chi connectivity index (χ1) is 16.0. The van der Waals surface area contributed by atoms with E-state index in [4.69, 9.17) is 14.6 Å². The summed E-state index contributed by atoms with van der Waals surface area (Å²) in [6.45, 7) is 4.85. The van der Waals surface area contributed by atoms with Crippen LogP contribution in [0.1, 0.15) is 36.7 Å². The lowest BCUT2D eigenvalue weighted by Crippen LogP contribution is -2.27. The van der Waals surface area contributed by atoms with Gasteiger partial charge in [0.05, 0.1) is 0 Å². The Labute approximate surface area is 195 Å². The second-order valence-electron chi connectivity index (χ2n) is 7.99. The Kier molecular flexibility index (Phi) is 9.84. The van der Waals surface area contributed by atoms with E-state index in [-0.39, 0.29) is 5.91 Å². The lowest BCUT2D eigenvalue weighted by molar-refractivity contribution is -0.192. The molecule has 1 fully saturated rings. The van der Waals surface area contributed by atoms with Crippen molar-refractivity contribution in [2.75, 3.05) is 38.8 Å². The average Bonchev–Trinajstić information content (AvgIpc) is 3.49. The molecule has 0 saturated heterocycles. The highest BCUT2D eigenvalue weighted by Gasteiger charge is 2.38. The molecule has 1 aliphatic rings. The first-order valence-corrected chi connectivity index (χ1v) is 10.9. The highest BCUT2D eigenvalue weighted by Crippen LogP contribution is 2.32. The number of amides is 1. The number of nitrogens with one attached hydrogen (secondary N) is 1. The largest absolute Gasteiger partial charge is 0.490 e. The van der Waals surface area contributed by atoms with Gasteiger partial charge in [0.25, 0.3) is 5.91 Å². The summed E-state index contributed by atoms with van der Waals surface area (Å²) in [4.78, 5) is 32.2. The molecule has 2 N–H and O–H groups in total. The maximum Gasteiger partial charge on any atom is 0.490 e. The minimum absolute atomic E-state index is 0.0378. The van der Waals surface area contributed by atoms with E-state index >= 15 is 0 Å². The van der Waals surface area contributed by atoms with Gasteiger partial charge in [0.15, 0.2) is 0 Å². The van der Waals surface area contributed by atoms with E-state index in [0.717, 1.165) is 24.1 Å². The summed E-state index contributed by atoms with van der Waals surface area (Å²) in [5.74, 6) is -1.44. The zero-order chi connectivity index (χ0) is 25.3. The third-order valence-electron chi connectivity index (χ3n) is 4.85. The van der Waals surface area contributed by atoms with Crippen LogP contribution >= 0.6 is 0 Å². The van der Waals surface area contributed by atoms with E-state index < -0.39 is 12.1 Å². The van der Waals surface area contributed by atoms with Crippen LogP contribution in [0.2, 0.25) is 0 Å². The molecule has 0 atom stereocenters. The summed E-state index contributed by atoms with van der Waals surface area (Å²) in [6, 6.07) is 1.94. The molecule has 1 saturated carbocycles. The van der Waals surface area contributed by atoms with Crippen LogP contribution in [0.15, 0.2) is 24.7 Å². The van der Waals surface area contributed by atoms with E-state index in [9.17, 15) is 18.0 Å². The number of carbonyl (C=O) groups is 2. The number of hydrogen-bond acceptors (Lipinski definition) is 6. The molecule has 2 aromatic heterocycles. The number of alkyl halides is 3. The van der Waals surface area contributed by atoms with Crippen molar-refractivity contribution in [2.24, 2.45) is 5.92 Å². The van der Waals surface area contributed by atoms with Crippen molar-refractivity contribution in [3.8, 4) is 11.1 Å². The van der Waals surface area contributed by atoms with Crippen molar-refractivity contribution in [1.29, 1.82) is 0 Å². The van der Waals surface area contributed by atoms with Gasteiger partial charge in [-0.25, -0.2) is 14.8 Å². The van der Waals surface area contributed by atoms with Crippen LogP contribution in [0.25, 0.3) is 11.1 Å². The van der Waals surface area contributed by atoms with Crippen LogP contribution in [0, 0.1) is 5.92 Å². The molecule has 2 heterocycles. The van der Waals surface area contributed by atoms with Crippen molar-refractivity contribution in [3.63, 3.8) is 0 Å². The van der Waals surface area contributed by atoms with Crippen molar-refractivity contribution in [1.82, 2.24) is 19.9 Å². The predicted molar refractivity (Wildman–Crippen MR) is 120 cm³/mol. The standard InChI is InChI=1S/C20H29N5O2.C2HF3O2/c1-4-27-9-5-8-21-19(26)18-10-16(14-25(18)13-15-6-7-15)17-11-22-20(23-12-17)24(2)3;3-2(4,5)1(6)7/h10-12,14-15H,4-9,13H2,1-3H3,(H,21,26);(H,6,7). The smallest absolute Gasteiger partial charge is 0.475 e. The molecule has 1 aliphatic carbocycles. The molecule has 0 bridgehead atoms. The number of nitrogens with zero attached hydrogens (tertiary/aromatic N) is 4. The van der Waals surface area contributed by atoms with Gasteiger partial charge in [0.1, 0.15) is 5.69 Å². The van der Waals surface area contributed by atoms with E-state index in [1.54, 1.807) is 0 Å². The second-order valence-corrected chi connectivity index (χ2v) is 7.99. The molecule has 3 rings (SSSR count). The fourth-order valence-corrected chi connectivity index (χ4v) is 2.90. The van der Waals surface area contributed by atoms with E-state index in [1.165, 1.54) is 12.8 Å². The van der Waals surface area contributed by atoms with Crippen LogP contribution in [0.4, 0.5) is 19.1 Å². The monoisotopic (exact) mass is 485 g/mol. The third-order valence-corrected chi connectivity index (χ3v) is 4.85. The highest BCUT2D eigenvalue weighted by molar-refractivity contribution is 5.94. The van der Waals surface area contributed by atoms with Gasteiger partial charge in [0, 0.05) is 70.1 Å². The molecule has 1 amide bonds. The third kappa shape index (κ3) is 8.65. The van der Waals surface area contributed by atoms with Gasteiger partial charge in [-0.05, 0) is 38.2 Å². The zero-order valence-electron chi connectivity index (χ0n) is 19.4. The Balaban J connectivity index is 0.000000509. The van der Waals surface area contributed by atoms with Crippen LogP contribution in [0.3, 0.4) is 0 Å². The molecule has 0 radical (unpaired) electrons. The quantitative estimate of drug-likeness (QED) is 0.498. The Morgan fingerprint density at radius 3 is 2.35 bits per heavy atom. The van der Waals surface area contributed by atoms with Gasteiger partial charge in [-0.1, -0.05) is 0 Å². The molecule has 0 aliphatic heterocycles. The summed E-state index contributed by atoms with van der Waals surface area (Å²) in [5, 5.41) is 10.1. The Hall–Kier alpha value is -3.15. The first kappa shape index (κ1) is 27.1. The van der Waals surface area contributed by atoms with Gasteiger partial charge in [-0.3, -0.25) is 4.79 Å². The predicted octanol–water partition coefficient (Wildman–Crippen LogP) is 3.21. The second kappa shape index (κ2) is 12.4. The van der Waals surface area contributed by atoms with Crippen LogP contribution in [0.5, 0.6) is 0 Å². The maximum absolute atomic E-state index is 12.7. The van der Waals surface area contributed by atoms with Gasteiger partial charge >= 0.3 is 12.1 Å². The zero-order valence-corrected chi connectivity index (χ0v) is 19.4. The molecule has 12 heteroatoms. The molecule has 188 valence electrons. The normalized spacial score (nSPS) is 13.1. The Morgan fingerprint density at radius 2 is 1.85 bits per heavy atom. The molecule has 0 unspecified atom stereocenters. The van der Waals surface area contributed by atoms with E-state index in [0.29, 0.717) is 37.3 Å². The molecular weight excluding hydrogens is 455 g/mol. The Morgan fingerprint density at radius 1 is 1.24 bits per heavy atom. The highest BCUT2D eigenvalue weighted by atomic mass is 19.4. The number of hydrogen-bond donors (Lipinski definition) is 2. The summed E-state index contributed by atoms with van der Waals surface area (Å²) in [6.07, 6.45) is 3.87. The number of rotatable bonds is 10. The summed E-state index contributed by atoms with van der Waals surface area (Å²) in [7, 11) is 3.82. The number of anilines is 1. The van der Waals surface area contributed by atoms with Crippen molar-refractivity contribution in [3.05, 3.63) is 30.4 Å². The van der Waals surface area contributed by atoms with Crippen molar-refractivity contribution in [2.45, 2.75) is 38.9 Å².